The summed E-state index contributed by atoms with van der Waals surface area (Å²) >= 11 is 0. The third kappa shape index (κ3) is 2.86. The van der Waals surface area contributed by atoms with Crippen LogP contribution >= 0.6 is 0 Å². The van der Waals surface area contributed by atoms with Crippen molar-refractivity contribution >= 4 is 12.7 Å². The molecule has 0 saturated carbocycles. The highest BCUT2D eigenvalue weighted by atomic mass is 35.5. The van der Waals surface area contributed by atoms with Crippen molar-refractivity contribution in [2.75, 3.05) is 0 Å². The number of aryl methyl sites for hydroxylation is 1. The van der Waals surface area contributed by atoms with Gasteiger partial charge in [0, 0.05) is 5.56 Å². The average molecular weight is 278 g/mol. The normalized spacial score (nSPS) is 16.6. The zero-order chi connectivity index (χ0) is 12.4. The fourth-order valence-electron chi connectivity index (χ4n) is 1.77. The molecule has 1 atom stereocenters. The van der Waals surface area contributed by atoms with E-state index in [1.165, 1.54) is 6.34 Å². The second-order valence-corrected chi connectivity index (χ2v) is 4.02. The first-order chi connectivity index (χ1) is 8.83. The molecule has 1 aliphatic rings. The first-order valence-corrected chi connectivity index (χ1v) is 5.63. The van der Waals surface area contributed by atoms with Crippen molar-refractivity contribution in [2.45, 2.75) is 13.5 Å². The van der Waals surface area contributed by atoms with Gasteiger partial charge in [0.1, 0.15) is 0 Å². The molecule has 0 amide bonds. The van der Waals surface area contributed by atoms with Gasteiger partial charge in [-0.05, 0) is 12.5 Å². The third-order valence-corrected chi connectivity index (χ3v) is 2.70. The van der Waals surface area contributed by atoms with Crippen LogP contribution < -0.4 is 17.4 Å². The van der Waals surface area contributed by atoms with Crippen LogP contribution in [-0.2, 0) is 6.54 Å². The molecule has 7 heteroatoms. The van der Waals surface area contributed by atoms with Gasteiger partial charge in [0.2, 0.25) is 12.2 Å². The number of nitrogens with zero attached hydrogens (tertiary/aromatic N) is 4. The van der Waals surface area contributed by atoms with E-state index in [9.17, 15) is 0 Å². The van der Waals surface area contributed by atoms with Crippen molar-refractivity contribution in [3.8, 4) is 11.4 Å². The number of rotatable bonds is 3. The summed E-state index contributed by atoms with van der Waals surface area (Å²) in [5.41, 5.74) is 2.11. The number of halogens is 1. The van der Waals surface area contributed by atoms with Gasteiger partial charge in [0.15, 0.2) is 12.9 Å². The van der Waals surface area contributed by atoms with Crippen molar-refractivity contribution < 1.29 is 21.9 Å². The smallest absolute Gasteiger partial charge is 0.285 e. The first-order valence-electron chi connectivity index (χ1n) is 5.63. The molecule has 0 fully saturated rings. The molecule has 0 saturated heterocycles. The lowest BCUT2D eigenvalue weighted by Crippen LogP contribution is -3.04. The zero-order valence-corrected chi connectivity index (χ0v) is 11.0. The molecule has 0 aliphatic carbocycles. The Morgan fingerprint density at radius 3 is 2.84 bits per heavy atom. The molecule has 19 heavy (non-hydrogen) atoms. The molecular formula is C12H12ClN5O. The fraction of sp³-hybridized carbons (Fsp3) is 0.167. The number of hydrogen-bond donors (Lipinski definition) is 1. The summed E-state index contributed by atoms with van der Waals surface area (Å²) in [5.74, 6) is 1.16. The van der Waals surface area contributed by atoms with Gasteiger partial charge < -0.3 is 16.9 Å². The number of hydrogen-bond acceptors (Lipinski definition) is 5. The highest BCUT2D eigenvalue weighted by Gasteiger charge is 2.16. The molecular weight excluding hydrogens is 266 g/mol. The maximum Gasteiger partial charge on any atom is 0.285 e. The quantitative estimate of drug-likeness (QED) is 0.670. The maximum absolute atomic E-state index is 5.22. The van der Waals surface area contributed by atoms with E-state index in [0.717, 1.165) is 16.1 Å². The number of aliphatic imine (C=N–C) groups is 1. The van der Waals surface area contributed by atoms with Crippen molar-refractivity contribution in [2.24, 2.45) is 10.1 Å². The Labute approximate surface area is 116 Å². The van der Waals surface area contributed by atoms with E-state index in [2.05, 4.69) is 20.2 Å². The van der Waals surface area contributed by atoms with Gasteiger partial charge in [0.25, 0.3) is 5.89 Å². The van der Waals surface area contributed by atoms with E-state index in [-0.39, 0.29) is 12.4 Å². The van der Waals surface area contributed by atoms with Crippen LogP contribution in [0.4, 0.5) is 0 Å². The van der Waals surface area contributed by atoms with Gasteiger partial charge in [0.05, 0.1) is 0 Å². The summed E-state index contributed by atoms with van der Waals surface area (Å²) in [4.78, 5) is 8.27. The van der Waals surface area contributed by atoms with Crippen LogP contribution in [0.15, 0.2) is 38.9 Å². The Bertz CT molecular complexity index is 610. The van der Waals surface area contributed by atoms with Crippen LogP contribution in [0.25, 0.3) is 11.4 Å². The monoisotopic (exact) mass is 277 g/mol. The largest absolute Gasteiger partial charge is 1.00 e. The van der Waals surface area contributed by atoms with E-state index in [1.807, 2.05) is 31.2 Å². The first kappa shape index (κ1) is 13.4. The lowest BCUT2D eigenvalue weighted by Gasteiger charge is -1.98. The molecule has 2 aromatic rings. The van der Waals surface area contributed by atoms with Crippen LogP contribution in [0.3, 0.4) is 0 Å². The minimum absolute atomic E-state index is 0. The summed E-state index contributed by atoms with van der Waals surface area (Å²) in [7, 11) is 0. The molecule has 1 unspecified atom stereocenters. The second kappa shape index (κ2) is 5.73. The van der Waals surface area contributed by atoms with Crippen molar-refractivity contribution in [1.29, 1.82) is 0 Å². The number of aromatic nitrogens is 2. The maximum atomic E-state index is 5.22. The number of quaternary nitrogens is 1. The molecule has 1 N–H and O–H groups in total. The standard InChI is InChI=1S/C12H11N5O.ClH/c1-9-4-2-3-5-10(9)12-15-11(18-16-12)6-17-8-13-7-14-17;/h2-5,7-8H,6H2,1H3;1H. The SMILES string of the molecule is Cc1ccccc1-c1noc(C[NH+]2C=NC=N2)n1.[Cl-]. The molecule has 3 rings (SSSR count). The van der Waals surface area contributed by atoms with E-state index in [4.69, 9.17) is 4.52 Å². The Morgan fingerprint density at radius 2 is 2.11 bits per heavy atom. The number of benzene rings is 1. The molecule has 1 aromatic carbocycles. The lowest BCUT2D eigenvalue weighted by atomic mass is 10.1. The predicted octanol–water partition coefficient (Wildman–Crippen LogP) is -2.58. The lowest BCUT2D eigenvalue weighted by molar-refractivity contribution is -0.819. The highest BCUT2D eigenvalue weighted by Crippen LogP contribution is 2.19. The molecule has 0 radical (unpaired) electrons. The Hall–Kier alpha value is -2.05. The van der Waals surface area contributed by atoms with E-state index in [0.29, 0.717) is 18.3 Å². The van der Waals surface area contributed by atoms with Gasteiger partial charge >= 0.3 is 0 Å². The molecule has 0 bridgehead atoms. The molecule has 6 nitrogen and oxygen atoms in total. The summed E-state index contributed by atoms with van der Waals surface area (Å²) in [5, 5.41) is 8.89. The van der Waals surface area contributed by atoms with Gasteiger partial charge in [-0.1, -0.05) is 34.5 Å². The van der Waals surface area contributed by atoms with Crippen LogP contribution in [0.5, 0.6) is 0 Å². The van der Waals surface area contributed by atoms with Crippen LogP contribution in [0.2, 0.25) is 0 Å². The minimum Gasteiger partial charge on any atom is -1.00 e. The molecule has 0 spiro atoms. The average Bonchev–Trinajstić information content (AvgIpc) is 3.02. The summed E-state index contributed by atoms with van der Waals surface area (Å²) in [6.07, 6.45) is 3.20. The Kier molecular flexibility index (Phi) is 4.03. The predicted molar refractivity (Wildman–Crippen MR) is 66.1 cm³/mol. The fourth-order valence-corrected chi connectivity index (χ4v) is 1.77. The van der Waals surface area contributed by atoms with Gasteiger partial charge in [-0.3, -0.25) is 0 Å². The molecule has 1 aromatic heterocycles. The topological polar surface area (TPSA) is 68.1 Å². The van der Waals surface area contributed by atoms with E-state index in [1.54, 1.807) is 6.34 Å². The highest BCUT2D eigenvalue weighted by molar-refractivity contribution is 5.69. The Balaban J connectivity index is 0.00000133. The minimum atomic E-state index is 0. The summed E-state index contributed by atoms with van der Waals surface area (Å²) in [6.45, 7) is 2.53. The second-order valence-electron chi connectivity index (χ2n) is 4.02. The van der Waals surface area contributed by atoms with Crippen molar-refractivity contribution in [3.05, 3.63) is 35.7 Å². The molecule has 2 heterocycles. The zero-order valence-electron chi connectivity index (χ0n) is 10.2. The van der Waals surface area contributed by atoms with Crippen molar-refractivity contribution in [1.82, 2.24) is 10.1 Å². The molecule has 98 valence electrons. The van der Waals surface area contributed by atoms with Crippen LogP contribution in [0, 0.1) is 6.92 Å². The van der Waals surface area contributed by atoms with E-state index < -0.39 is 0 Å². The van der Waals surface area contributed by atoms with Crippen LogP contribution in [0.1, 0.15) is 11.5 Å². The van der Waals surface area contributed by atoms with Gasteiger partial charge in [-0.25, -0.2) is 0 Å². The van der Waals surface area contributed by atoms with Crippen LogP contribution in [-0.4, -0.2) is 22.8 Å². The van der Waals surface area contributed by atoms with E-state index >= 15 is 0 Å². The summed E-state index contributed by atoms with van der Waals surface area (Å²) in [6, 6.07) is 7.95. The third-order valence-electron chi connectivity index (χ3n) is 2.70. The number of nitrogens with one attached hydrogen (secondary N) is 1. The van der Waals surface area contributed by atoms with Gasteiger partial charge in [-0.15, -0.1) is 0 Å². The summed E-state index contributed by atoms with van der Waals surface area (Å²) < 4.78 is 5.22. The van der Waals surface area contributed by atoms with Gasteiger partial charge in [-0.2, -0.15) is 15.0 Å². The Morgan fingerprint density at radius 1 is 1.26 bits per heavy atom. The molecule has 1 aliphatic heterocycles. The van der Waals surface area contributed by atoms with Crippen molar-refractivity contribution in [3.63, 3.8) is 0 Å².